The summed E-state index contributed by atoms with van der Waals surface area (Å²) in [5.74, 6) is -0.0482. The van der Waals surface area contributed by atoms with E-state index in [9.17, 15) is 9.59 Å². The number of H-pyrrole nitrogens is 2. The first-order valence-corrected chi connectivity index (χ1v) is 8.78. The van der Waals surface area contributed by atoms with Crippen molar-refractivity contribution in [2.75, 3.05) is 13.6 Å². The highest BCUT2D eigenvalue weighted by Crippen LogP contribution is 2.35. The third kappa shape index (κ3) is 2.56. The van der Waals surface area contributed by atoms with Crippen molar-refractivity contribution in [2.24, 2.45) is 5.92 Å². The summed E-state index contributed by atoms with van der Waals surface area (Å²) in [6.07, 6.45) is 6.47. The first-order valence-electron chi connectivity index (χ1n) is 8.78. The molecule has 134 valence electrons. The molecular formula is C18H20N6O2. The van der Waals surface area contributed by atoms with E-state index in [0.717, 1.165) is 47.8 Å². The molecule has 1 amide bonds. The van der Waals surface area contributed by atoms with Crippen LogP contribution in [0.4, 0.5) is 0 Å². The van der Waals surface area contributed by atoms with Gasteiger partial charge in [-0.1, -0.05) is 0 Å². The summed E-state index contributed by atoms with van der Waals surface area (Å²) >= 11 is 0. The van der Waals surface area contributed by atoms with Gasteiger partial charge in [0.2, 0.25) is 5.91 Å². The first-order chi connectivity index (χ1) is 12.6. The van der Waals surface area contributed by atoms with Gasteiger partial charge in [-0.3, -0.25) is 9.36 Å². The van der Waals surface area contributed by atoms with Gasteiger partial charge in [0.25, 0.3) is 0 Å². The number of aromatic nitrogens is 4. The van der Waals surface area contributed by atoms with E-state index < -0.39 is 0 Å². The Hall–Kier alpha value is -3.08. The maximum atomic E-state index is 12.6. The van der Waals surface area contributed by atoms with E-state index in [1.54, 1.807) is 13.2 Å². The molecule has 0 atom stereocenters. The van der Waals surface area contributed by atoms with Gasteiger partial charge in [0, 0.05) is 30.6 Å². The molecule has 1 aliphatic rings. The summed E-state index contributed by atoms with van der Waals surface area (Å²) in [4.78, 5) is 36.7. The average molecular weight is 352 g/mol. The van der Waals surface area contributed by atoms with E-state index in [-0.39, 0.29) is 30.1 Å². The normalized spacial score (nSPS) is 20.3. The minimum Gasteiger partial charge on any atom is -0.346 e. The Morgan fingerprint density at radius 1 is 1.42 bits per heavy atom. The number of rotatable bonds is 3. The molecular weight excluding hydrogens is 332 g/mol. The topological polar surface area (TPSA) is 111 Å². The number of fused-ring (bicyclic) bond motifs is 3. The molecule has 0 saturated heterocycles. The number of nitriles is 1. The third-order valence-electron chi connectivity index (χ3n) is 5.35. The summed E-state index contributed by atoms with van der Waals surface area (Å²) in [5, 5.41) is 9.68. The lowest BCUT2D eigenvalue weighted by Gasteiger charge is -2.30. The van der Waals surface area contributed by atoms with Crippen LogP contribution >= 0.6 is 0 Å². The van der Waals surface area contributed by atoms with Crippen molar-refractivity contribution in [3.8, 4) is 6.07 Å². The number of nitrogens with zero attached hydrogens (tertiary/aromatic N) is 4. The summed E-state index contributed by atoms with van der Waals surface area (Å²) in [6, 6.07) is 4.00. The largest absolute Gasteiger partial charge is 0.346 e. The van der Waals surface area contributed by atoms with Crippen molar-refractivity contribution < 1.29 is 4.79 Å². The Balaban J connectivity index is 1.61. The van der Waals surface area contributed by atoms with Crippen LogP contribution in [0.2, 0.25) is 0 Å². The molecule has 0 spiro atoms. The number of hydrogen-bond donors (Lipinski definition) is 2. The zero-order valence-electron chi connectivity index (χ0n) is 14.5. The van der Waals surface area contributed by atoms with Gasteiger partial charge in [-0.25, -0.2) is 9.78 Å². The lowest BCUT2D eigenvalue weighted by Crippen LogP contribution is -2.36. The summed E-state index contributed by atoms with van der Waals surface area (Å²) < 4.78 is 1.83. The second-order valence-corrected chi connectivity index (χ2v) is 6.92. The Kier molecular flexibility index (Phi) is 3.99. The summed E-state index contributed by atoms with van der Waals surface area (Å²) in [6.45, 7) is 0.110. The van der Waals surface area contributed by atoms with Crippen LogP contribution in [0.25, 0.3) is 22.1 Å². The quantitative estimate of drug-likeness (QED) is 0.702. The van der Waals surface area contributed by atoms with Crippen molar-refractivity contribution in [1.82, 2.24) is 24.4 Å². The maximum Gasteiger partial charge on any atom is 0.326 e. The standard InChI is InChI=1S/C18H20N6O2/c1-23(9-7-19)17(25)11-2-4-12(5-3-11)24-15-13-6-8-20-16(13)21-10-14(15)22-18(24)26/h6,8,10-12H,2-5,9H2,1H3,(H,20,21)(H,22,26). The molecule has 0 aliphatic heterocycles. The fourth-order valence-electron chi connectivity index (χ4n) is 4.05. The predicted molar refractivity (Wildman–Crippen MR) is 96.5 cm³/mol. The number of aromatic amines is 2. The van der Waals surface area contributed by atoms with Crippen molar-refractivity contribution in [3.05, 3.63) is 28.9 Å². The molecule has 3 aromatic rings. The molecule has 0 bridgehead atoms. The Morgan fingerprint density at radius 3 is 2.92 bits per heavy atom. The molecule has 3 aromatic heterocycles. The van der Waals surface area contributed by atoms with Crippen LogP contribution in [0.1, 0.15) is 31.7 Å². The maximum absolute atomic E-state index is 12.6. The number of carbonyl (C=O) groups excluding carboxylic acids is 1. The van der Waals surface area contributed by atoms with E-state index in [1.807, 2.05) is 22.9 Å². The van der Waals surface area contributed by atoms with Crippen LogP contribution in [0.3, 0.4) is 0 Å². The Morgan fingerprint density at radius 2 is 2.19 bits per heavy atom. The molecule has 1 saturated carbocycles. The van der Waals surface area contributed by atoms with Crippen molar-refractivity contribution in [2.45, 2.75) is 31.7 Å². The highest BCUT2D eigenvalue weighted by atomic mass is 16.2. The van der Waals surface area contributed by atoms with E-state index in [0.29, 0.717) is 0 Å². The zero-order chi connectivity index (χ0) is 18.3. The molecule has 8 heteroatoms. The molecule has 8 nitrogen and oxygen atoms in total. The van der Waals surface area contributed by atoms with Gasteiger partial charge in [0.15, 0.2) is 0 Å². The Bertz CT molecular complexity index is 1060. The second kappa shape index (κ2) is 6.33. The molecule has 1 aliphatic carbocycles. The van der Waals surface area contributed by atoms with Crippen molar-refractivity contribution in [3.63, 3.8) is 0 Å². The molecule has 3 heterocycles. The lowest BCUT2D eigenvalue weighted by molar-refractivity contribution is -0.134. The number of amides is 1. The van der Waals surface area contributed by atoms with E-state index in [1.165, 1.54) is 4.90 Å². The van der Waals surface area contributed by atoms with E-state index >= 15 is 0 Å². The van der Waals surface area contributed by atoms with Crippen LogP contribution in [0, 0.1) is 17.2 Å². The number of pyridine rings is 1. The molecule has 0 radical (unpaired) electrons. The number of imidazole rings is 1. The second-order valence-electron chi connectivity index (χ2n) is 6.92. The van der Waals surface area contributed by atoms with Crippen LogP contribution in [0.15, 0.2) is 23.3 Å². The molecule has 4 rings (SSSR count). The molecule has 26 heavy (non-hydrogen) atoms. The van der Waals surface area contributed by atoms with Crippen LogP contribution < -0.4 is 5.69 Å². The van der Waals surface area contributed by atoms with E-state index in [2.05, 4.69) is 15.0 Å². The van der Waals surface area contributed by atoms with Gasteiger partial charge < -0.3 is 14.9 Å². The van der Waals surface area contributed by atoms with Gasteiger partial charge in [-0.05, 0) is 31.7 Å². The highest BCUT2D eigenvalue weighted by molar-refractivity contribution is 6.00. The zero-order valence-corrected chi connectivity index (χ0v) is 14.5. The number of hydrogen-bond acceptors (Lipinski definition) is 4. The summed E-state index contributed by atoms with van der Waals surface area (Å²) in [7, 11) is 1.66. The smallest absolute Gasteiger partial charge is 0.326 e. The summed E-state index contributed by atoms with van der Waals surface area (Å²) in [5.41, 5.74) is 2.23. The SMILES string of the molecule is CN(CC#N)C(=O)C1CCC(n2c(=O)[nH]c3cnc4[nH]ccc4c32)CC1. The van der Waals surface area contributed by atoms with Gasteiger partial charge in [-0.15, -0.1) is 0 Å². The number of carbonyl (C=O) groups is 1. The number of nitrogens with one attached hydrogen (secondary N) is 2. The predicted octanol–water partition coefficient (Wildman–Crippen LogP) is 1.92. The molecule has 0 aromatic carbocycles. The van der Waals surface area contributed by atoms with Gasteiger partial charge in [-0.2, -0.15) is 5.26 Å². The minimum atomic E-state index is -0.133. The highest BCUT2D eigenvalue weighted by Gasteiger charge is 2.30. The molecule has 2 N–H and O–H groups in total. The van der Waals surface area contributed by atoms with Crippen molar-refractivity contribution >= 4 is 28.0 Å². The van der Waals surface area contributed by atoms with Crippen molar-refractivity contribution in [1.29, 1.82) is 5.26 Å². The monoisotopic (exact) mass is 352 g/mol. The molecule has 0 unspecified atom stereocenters. The first kappa shape index (κ1) is 16.4. The fourth-order valence-corrected chi connectivity index (χ4v) is 4.05. The van der Waals surface area contributed by atoms with Gasteiger partial charge in [0.1, 0.15) is 12.2 Å². The average Bonchev–Trinajstić information content (AvgIpc) is 3.24. The third-order valence-corrected chi connectivity index (χ3v) is 5.35. The fraction of sp³-hybridized carbons (Fsp3) is 0.444. The van der Waals surface area contributed by atoms with Crippen LogP contribution in [0.5, 0.6) is 0 Å². The van der Waals surface area contributed by atoms with Gasteiger partial charge in [0.05, 0.1) is 23.3 Å². The minimum absolute atomic E-state index is 0.0218. The van der Waals surface area contributed by atoms with Crippen LogP contribution in [-0.4, -0.2) is 43.9 Å². The molecule has 1 fully saturated rings. The van der Waals surface area contributed by atoms with Crippen LogP contribution in [-0.2, 0) is 4.79 Å². The van der Waals surface area contributed by atoms with Gasteiger partial charge >= 0.3 is 5.69 Å². The Labute approximate surface area is 149 Å². The van der Waals surface area contributed by atoms with E-state index in [4.69, 9.17) is 5.26 Å². The lowest BCUT2D eigenvalue weighted by atomic mass is 9.85.